The molecule has 0 aliphatic carbocycles. The monoisotopic (exact) mass is 478 g/mol. The molecule has 4 rings (SSSR count). The van der Waals surface area contributed by atoms with Crippen LogP contribution >= 0.6 is 0 Å². The molecule has 0 saturated heterocycles. The van der Waals surface area contributed by atoms with Crippen molar-refractivity contribution in [1.82, 2.24) is 0 Å². The third-order valence-electron chi connectivity index (χ3n) is 5.91. The van der Waals surface area contributed by atoms with Gasteiger partial charge in [-0.2, -0.15) is 0 Å². The second-order valence-corrected chi connectivity index (χ2v) is 10.4. The van der Waals surface area contributed by atoms with Crippen molar-refractivity contribution in [2.24, 2.45) is 0 Å². The second-order valence-electron chi connectivity index (χ2n) is 8.52. The van der Waals surface area contributed by atoms with E-state index in [0.29, 0.717) is 30.1 Å². The van der Waals surface area contributed by atoms with E-state index in [1.807, 2.05) is 13.0 Å². The molecule has 0 spiro atoms. The van der Waals surface area contributed by atoms with Crippen LogP contribution < -0.4 is 14.4 Å². The van der Waals surface area contributed by atoms with E-state index in [1.165, 1.54) is 4.31 Å². The highest BCUT2D eigenvalue weighted by atomic mass is 32.2. The summed E-state index contributed by atoms with van der Waals surface area (Å²) >= 11 is 0. The normalized spacial score (nSPS) is 13.3. The predicted octanol–water partition coefficient (Wildman–Crippen LogP) is 5.57. The molecule has 1 aliphatic heterocycles. The first-order valence-corrected chi connectivity index (χ1v) is 13.1. The molecule has 0 bridgehead atoms. The van der Waals surface area contributed by atoms with Gasteiger partial charge in [0, 0.05) is 17.8 Å². The lowest BCUT2D eigenvalue weighted by Gasteiger charge is -2.31. The fourth-order valence-corrected chi connectivity index (χ4v) is 5.51. The van der Waals surface area contributed by atoms with E-state index < -0.39 is 10.0 Å². The molecule has 6 nitrogen and oxygen atoms in total. The Hall–Kier alpha value is -3.32. The summed E-state index contributed by atoms with van der Waals surface area (Å²) in [7, 11) is -3.65. The molecular formula is C27H30N2O4S. The average molecular weight is 479 g/mol. The average Bonchev–Trinajstić information content (AvgIpc) is 2.84. The van der Waals surface area contributed by atoms with Crippen LogP contribution in [0.4, 0.5) is 11.4 Å². The van der Waals surface area contributed by atoms with Crippen LogP contribution in [-0.4, -0.2) is 27.5 Å². The second kappa shape index (κ2) is 10.3. The van der Waals surface area contributed by atoms with Gasteiger partial charge in [-0.25, -0.2) is 8.42 Å². The molecular weight excluding hydrogens is 448 g/mol. The number of hydrogen-bond acceptors (Lipinski definition) is 4. The van der Waals surface area contributed by atoms with Crippen LogP contribution in [0.3, 0.4) is 0 Å². The number of sulfonamides is 1. The molecule has 1 heterocycles. The number of hydrogen-bond donors (Lipinski definition) is 1. The molecule has 0 unspecified atom stereocenters. The van der Waals surface area contributed by atoms with Crippen molar-refractivity contribution in [3.05, 3.63) is 83.4 Å². The van der Waals surface area contributed by atoms with Gasteiger partial charge < -0.3 is 10.1 Å². The number of carbonyl (C=O) groups excluding carboxylic acids is 1. The fourth-order valence-electron chi connectivity index (χ4n) is 3.97. The maximum absolute atomic E-state index is 13.3. The molecule has 3 aromatic carbocycles. The van der Waals surface area contributed by atoms with Crippen LogP contribution in [-0.2, 0) is 16.4 Å². The number of aryl methyl sites for hydroxylation is 2. The van der Waals surface area contributed by atoms with E-state index in [2.05, 4.69) is 12.2 Å². The van der Waals surface area contributed by atoms with Gasteiger partial charge in [-0.15, -0.1) is 0 Å². The van der Waals surface area contributed by atoms with Crippen molar-refractivity contribution in [2.75, 3.05) is 22.8 Å². The molecule has 178 valence electrons. The highest BCUT2D eigenvalue weighted by Gasteiger charge is 2.29. The van der Waals surface area contributed by atoms with Crippen molar-refractivity contribution < 1.29 is 17.9 Å². The van der Waals surface area contributed by atoms with Crippen molar-refractivity contribution in [3.63, 3.8) is 0 Å². The first-order valence-electron chi connectivity index (χ1n) is 11.6. The van der Waals surface area contributed by atoms with Crippen LogP contribution in [0.25, 0.3) is 0 Å². The lowest BCUT2D eigenvalue weighted by Crippen LogP contribution is -2.35. The molecule has 1 aliphatic rings. The van der Waals surface area contributed by atoms with Crippen molar-refractivity contribution >= 4 is 27.3 Å². The smallest absolute Gasteiger partial charge is 0.264 e. The number of benzene rings is 3. The van der Waals surface area contributed by atoms with Gasteiger partial charge in [-0.05, 0) is 86.3 Å². The largest absolute Gasteiger partial charge is 0.494 e. The van der Waals surface area contributed by atoms with E-state index >= 15 is 0 Å². The van der Waals surface area contributed by atoms with Crippen molar-refractivity contribution in [3.8, 4) is 5.75 Å². The predicted molar refractivity (Wildman–Crippen MR) is 135 cm³/mol. The van der Waals surface area contributed by atoms with Crippen molar-refractivity contribution in [2.45, 2.75) is 44.4 Å². The van der Waals surface area contributed by atoms with Gasteiger partial charge in [0.2, 0.25) is 0 Å². The number of rotatable bonds is 8. The zero-order valence-electron chi connectivity index (χ0n) is 19.6. The van der Waals surface area contributed by atoms with Crippen LogP contribution in [0, 0.1) is 6.92 Å². The standard InChI is InChI=1S/C27H30N2O4S/c1-3-4-18-33-24-12-9-21(10-13-24)27(30)28-23-11-16-26-22(19-23)6-5-17-29(26)34(31,32)25-14-7-20(2)8-15-25/h7-16,19H,3-6,17-18H2,1-2H3,(H,28,30). The van der Waals surface area contributed by atoms with Crippen LogP contribution in [0.1, 0.15) is 47.7 Å². The Labute approximate surface area is 201 Å². The van der Waals surface area contributed by atoms with Gasteiger partial charge in [-0.3, -0.25) is 9.10 Å². The van der Waals surface area contributed by atoms with E-state index in [4.69, 9.17) is 4.74 Å². The van der Waals surface area contributed by atoms with Crippen LogP contribution in [0.5, 0.6) is 5.75 Å². The summed E-state index contributed by atoms with van der Waals surface area (Å²) in [6.45, 7) is 5.13. The minimum Gasteiger partial charge on any atom is -0.494 e. The van der Waals surface area contributed by atoms with E-state index in [9.17, 15) is 13.2 Å². The van der Waals surface area contributed by atoms with E-state index in [0.717, 1.165) is 42.6 Å². The Kier molecular flexibility index (Phi) is 7.22. The van der Waals surface area contributed by atoms with Crippen LogP contribution in [0.2, 0.25) is 0 Å². The number of nitrogens with one attached hydrogen (secondary N) is 1. The summed E-state index contributed by atoms with van der Waals surface area (Å²) < 4.78 is 33.7. The molecule has 0 fully saturated rings. The molecule has 0 radical (unpaired) electrons. The highest BCUT2D eigenvalue weighted by Crippen LogP contribution is 2.34. The summed E-state index contributed by atoms with van der Waals surface area (Å²) in [6.07, 6.45) is 3.53. The van der Waals surface area contributed by atoms with Gasteiger partial charge >= 0.3 is 0 Å². The maximum Gasteiger partial charge on any atom is 0.264 e. The number of nitrogens with zero attached hydrogens (tertiary/aromatic N) is 1. The molecule has 0 saturated carbocycles. The first-order chi connectivity index (χ1) is 16.4. The molecule has 0 aromatic heterocycles. The molecule has 0 atom stereocenters. The minimum absolute atomic E-state index is 0.222. The van der Waals surface area contributed by atoms with E-state index in [-0.39, 0.29) is 10.8 Å². The first kappa shape index (κ1) is 23.8. The molecule has 1 amide bonds. The lowest BCUT2D eigenvalue weighted by molar-refractivity contribution is 0.102. The van der Waals surface area contributed by atoms with Crippen LogP contribution in [0.15, 0.2) is 71.6 Å². The third-order valence-corrected chi connectivity index (χ3v) is 7.73. The summed E-state index contributed by atoms with van der Waals surface area (Å²) in [6, 6.07) is 19.4. The Bertz CT molecular complexity index is 1250. The van der Waals surface area contributed by atoms with Gasteiger partial charge in [0.25, 0.3) is 15.9 Å². The molecule has 1 N–H and O–H groups in total. The molecule has 34 heavy (non-hydrogen) atoms. The topological polar surface area (TPSA) is 75.7 Å². The number of unbranched alkanes of at least 4 members (excludes halogenated alkanes) is 1. The Balaban J connectivity index is 1.49. The number of carbonyl (C=O) groups is 1. The Morgan fingerprint density at radius 1 is 1.03 bits per heavy atom. The van der Waals surface area contributed by atoms with Gasteiger partial charge in [-0.1, -0.05) is 31.0 Å². The number of ether oxygens (including phenoxy) is 1. The molecule has 7 heteroatoms. The zero-order valence-corrected chi connectivity index (χ0v) is 20.4. The quantitative estimate of drug-likeness (QED) is 0.430. The Morgan fingerprint density at radius 3 is 2.47 bits per heavy atom. The number of amides is 1. The SMILES string of the molecule is CCCCOc1ccc(C(=O)Nc2ccc3c(c2)CCCN3S(=O)(=O)c2ccc(C)cc2)cc1. The summed E-state index contributed by atoms with van der Waals surface area (Å²) in [5.41, 5.74) is 3.75. The number of anilines is 2. The lowest BCUT2D eigenvalue weighted by atomic mass is 10.0. The summed E-state index contributed by atoms with van der Waals surface area (Å²) in [5.74, 6) is 0.522. The zero-order chi connectivity index (χ0) is 24.1. The highest BCUT2D eigenvalue weighted by molar-refractivity contribution is 7.92. The molecule has 3 aromatic rings. The third kappa shape index (κ3) is 5.25. The number of fused-ring (bicyclic) bond motifs is 1. The van der Waals surface area contributed by atoms with Crippen molar-refractivity contribution in [1.29, 1.82) is 0 Å². The van der Waals surface area contributed by atoms with E-state index in [1.54, 1.807) is 60.7 Å². The fraction of sp³-hybridized carbons (Fsp3) is 0.296. The van der Waals surface area contributed by atoms with Gasteiger partial charge in [0.05, 0.1) is 17.2 Å². The maximum atomic E-state index is 13.3. The summed E-state index contributed by atoms with van der Waals surface area (Å²) in [4.78, 5) is 13.0. The van der Waals surface area contributed by atoms with Gasteiger partial charge in [0.15, 0.2) is 0 Å². The Morgan fingerprint density at radius 2 is 1.76 bits per heavy atom. The summed E-state index contributed by atoms with van der Waals surface area (Å²) in [5, 5.41) is 2.92. The minimum atomic E-state index is -3.65. The van der Waals surface area contributed by atoms with Gasteiger partial charge in [0.1, 0.15) is 5.75 Å².